The van der Waals surface area contributed by atoms with Crippen molar-refractivity contribution in [2.45, 2.75) is 12.8 Å². The molecule has 62 valence electrons. The van der Waals surface area contributed by atoms with Crippen LogP contribution >= 0.6 is 15.9 Å². The molecular formula is C9H9BrN2. The van der Waals surface area contributed by atoms with E-state index in [1.165, 1.54) is 11.1 Å². The number of hydrogen-bond acceptors (Lipinski definition) is 2. The van der Waals surface area contributed by atoms with Crippen LogP contribution in [0.4, 0.5) is 0 Å². The Morgan fingerprint density at radius 1 is 1.33 bits per heavy atom. The maximum Gasteiger partial charge on any atom is 0.0690 e. The molecule has 0 saturated heterocycles. The normalized spacial score (nSPS) is 18.2. The molecule has 0 spiro atoms. The molecule has 12 heavy (non-hydrogen) atoms. The smallest absolute Gasteiger partial charge is 0.0690 e. The lowest BCUT2D eigenvalue weighted by Crippen LogP contribution is -1.99. The molecule has 0 aliphatic heterocycles. The van der Waals surface area contributed by atoms with Crippen molar-refractivity contribution in [1.82, 2.24) is 0 Å². The molecule has 0 aromatic heterocycles. The topological polar surface area (TPSA) is 38.4 Å². The second kappa shape index (κ2) is 2.90. The molecule has 0 radical (unpaired) electrons. The van der Waals surface area contributed by atoms with Crippen molar-refractivity contribution in [1.29, 1.82) is 0 Å². The van der Waals surface area contributed by atoms with Crippen molar-refractivity contribution < 1.29 is 0 Å². The van der Waals surface area contributed by atoms with Crippen molar-refractivity contribution in [3.8, 4) is 0 Å². The van der Waals surface area contributed by atoms with Crippen LogP contribution in [0.5, 0.6) is 0 Å². The van der Waals surface area contributed by atoms with Gasteiger partial charge in [-0.25, -0.2) is 0 Å². The molecule has 0 amide bonds. The molecule has 0 heterocycles. The molecule has 2 rings (SSSR count). The van der Waals surface area contributed by atoms with E-state index >= 15 is 0 Å². The largest absolute Gasteiger partial charge is 0.323 e. The molecule has 1 aliphatic rings. The van der Waals surface area contributed by atoms with Gasteiger partial charge in [0, 0.05) is 10.0 Å². The number of nitrogens with zero attached hydrogens (tertiary/aromatic N) is 1. The Morgan fingerprint density at radius 3 is 2.92 bits per heavy atom. The Balaban J connectivity index is 2.63. The fourth-order valence-corrected chi connectivity index (χ4v) is 2.24. The second-order valence-corrected chi connectivity index (χ2v) is 3.70. The van der Waals surface area contributed by atoms with E-state index in [-0.39, 0.29) is 0 Å². The maximum atomic E-state index is 5.28. The Hall–Kier alpha value is -0.830. The molecular weight excluding hydrogens is 216 g/mol. The Morgan fingerprint density at radius 2 is 2.17 bits per heavy atom. The Kier molecular flexibility index (Phi) is 1.89. The summed E-state index contributed by atoms with van der Waals surface area (Å²) in [5.41, 5.74) is 3.55. The third-order valence-electron chi connectivity index (χ3n) is 2.18. The molecule has 0 bridgehead atoms. The predicted molar refractivity (Wildman–Crippen MR) is 53.2 cm³/mol. The second-order valence-electron chi connectivity index (χ2n) is 2.85. The van der Waals surface area contributed by atoms with Gasteiger partial charge in [0.2, 0.25) is 0 Å². The molecule has 3 heteroatoms. The van der Waals surface area contributed by atoms with E-state index < -0.39 is 0 Å². The highest BCUT2D eigenvalue weighted by Gasteiger charge is 2.19. The third-order valence-corrected chi connectivity index (χ3v) is 2.84. The van der Waals surface area contributed by atoms with E-state index in [1.54, 1.807) is 0 Å². The third kappa shape index (κ3) is 1.05. The van der Waals surface area contributed by atoms with Crippen LogP contribution in [0.3, 0.4) is 0 Å². The minimum Gasteiger partial charge on any atom is -0.323 e. The van der Waals surface area contributed by atoms with Crippen molar-refractivity contribution in [3.63, 3.8) is 0 Å². The monoisotopic (exact) mass is 224 g/mol. The lowest BCUT2D eigenvalue weighted by Gasteiger charge is -2.00. The van der Waals surface area contributed by atoms with E-state index in [9.17, 15) is 0 Å². The number of fused-ring (bicyclic) bond motifs is 1. The fraction of sp³-hybridized carbons (Fsp3) is 0.222. The first-order chi connectivity index (χ1) is 5.83. The van der Waals surface area contributed by atoms with Gasteiger partial charge in [0.05, 0.1) is 5.71 Å². The summed E-state index contributed by atoms with van der Waals surface area (Å²) in [6.07, 6.45) is 2.03. The van der Waals surface area contributed by atoms with E-state index in [0.29, 0.717) is 0 Å². The van der Waals surface area contributed by atoms with Crippen LogP contribution in [0.2, 0.25) is 0 Å². The van der Waals surface area contributed by atoms with Crippen LogP contribution in [-0.4, -0.2) is 5.71 Å². The van der Waals surface area contributed by atoms with Gasteiger partial charge in [-0.2, -0.15) is 5.10 Å². The lowest BCUT2D eigenvalue weighted by atomic mass is 10.1. The quantitative estimate of drug-likeness (QED) is 0.532. The predicted octanol–water partition coefficient (Wildman–Crippen LogP) is 2.06. The summed E-state index contributed by atoms with van der Waals surface area (Å²) in [7, 11) is 0. The van der Waals surface area contributed by atoms with Gasteiger partial charge in [0.15, 0.2) is 0 Å². The van der Waals surface area contributed by atoms with Crippen LogP contribution in [0.1, 0.15) is 17.5 Å². The number of hydrogen-bond donors (Lipinski definition) is 1. The molecule has 0 saturated carbocycles. The molecule has 1 aromatic rings. The first-order valence-corrected chi connectivity index (χ1v) is 4.66. The van der Waals surface area contributed by atoms with Crippen LogP contribution in [0.15, 0.2) is 27.8 Å². The van der Waals surface area contributed by atoms with Crippen LogP contribution in [-0.2, 0) is 6.42 Å². The summed E-state index contributed by atoms with van der Waals surface area (Å²) >= 11 is 3.49. The molecule has 0 atom stereocenters. The first-order valence-electron chi connectivity index (χ1n) is 3.87. The first kappa shape index (κ1) is 7.80. The highest BCUT2D eigenvalue weighted by Crippen LogP contribution is 2.28. The van der Waals surface area contributed by atoms with Crippen molar-refractivity contribution >= 4 is 21.6 Å². The average molecular weight is 225 g/mol. The summed E-state index contributed by atoms with van der Waals surface area (Å²) in [5, 5.41) is 3.78. The minimum atomic E-state index is 0.967. The minimum absolute atomic E-state index is 0.967. The van der Waals surface area contributed by atoms with Crippen molar-refractivity contribution in [2.75, 3.05) is 0 Å². The number of benzene rings is 1. The molecule has 1 aromatic carbocycles. The summed E-state index contributed by atoms with van der Waals surface area (Å²) in [6, 6.07) is 6.19. The Labute approximate surface area is 79.6 Å². The van der Waals surface area contributed by atoms with Crippen LogP contribution in [0.25, 0.3) is 0 Å². The fourth-order valence-electron chi connectivity index (χ4n) is 1.61. The molecule has 0 fully saturated rings. The zero-order valence-corrected chi connectivity index (χ0v) is 8.13. The number of rotatable bonds is 0. The SMILES string of the molecule is N/N=C1\CCc2cccc(Br)c21. The molecule has 1 aliphatic carbocycles. The lowest BCUT2D eigenvalue weighted by molar-refractivity contribution is 1.08. The van der Waals surface area contributed by atoms with Gasteiger partial charge in [-0.15, -0.1) is 0 Å². The highest BCUT2D eigenvalue weighted by molar-refractivity contribution is 9.10. The number of aryl methyl sites for hydroxylation is 1. The summed E-state index contributed by atoms with van der Waals surface area (Å²) in [4.78, 5) is 0. The van der Waals surface area contributed by atoms with Gasteiger partial charge in [0.1, 0.15) is 0 Å². The maximum absolute atomic E-state index is 5.28. The van der Waals surface area contributed by atoms with E-state index in [0.717, 1.165) is 23.0 Å². The Bertz CT molecular complexity index is 344. The standard InChI is InChI=1S/C9H9BrN2/c10-7-3-1-2-6-4-5-8(12-11)9(6)7/h1-3H,4-5,11H2/b12-8+. The van der Waals surface area contributed by atoms with Gasteiger partial charge >= 0.3 is 0 Å². The van der Waals surface area contributed by atoms with Crippen molar-refractivity contribution in [2.24, 2.45) is 10.9 Å². The van der Waals surface area contributed by atoms with Gasteiger partial charge in [-0.3, -0.25) is 0 Å². The van der Waals surface area contributed by atoms with Crippen LogP contribution in [0, 0.1) is 0 Å². The summed E-state index contributed by atoms with van der Waals surface area (Å²) in [6.45, 7) is 0. The highest BCUT2D eigenvalue weighted by atomic mass is 79.9. The van der Waals surface area contributed by atoms with Gasteiger partial charge in [0.25, 0.3) is 0 Å². The van der Waals surface area contributed by atoms with Crippen molar-refractivity contribution in [3.05, 3.63) is 33.8 Å². The van der Waals surface area contributed by atoms with Gasteiger partial charge < -0.3 is 5.84 Å². The number of nitrogens with two attached hydrogens (primary N) is 1. The van der Waals surface area contributed by atoms with E-state index in [2.05, 4.69) is 27.1 Å². The van der Waals surface area contributed by atoms with Gasteiger partial charge in [-0.1, -0.05) is 28.1 Å². The summed E-state index contributed by atoms with van der Waals surface area (Å²) < 4.78 is 1.10. The number of halogens is 1. The molecule has 2 nitrogen and oxygen atoms in total. The average Bonchev–Trinajstić information content (AvgIpc) is 2.49. The number of hydrazone groups is 1. The zero-order chi connectivity index (χ0) is 8.55. The zero-order valence-electron chi connectivity index (χ0n) is 6.55. The molecule has 2 N–H and O–H groups in total. The van der Waals surface area contributed by atoms with E-state index in [4.69, 9.17) is 5.84 Å². The van der Waals surface area contributed by atoms with Crippen LogP contribution < -0.4 is 5.84 Å². The summed E-state index contributed by atoms with van der Waals surface area (Å²) in [5.74, 6) is 5.28. The molecule has 0 unspecified atom stereocenters. The van der Waals surface area contributed by atoms with E-state index in [1.807, 2.05) is 12.1 Å². The van der Waals surface area contributed by atoms with Gasteiger partial charge in [-0.05, 0) is 24.5 Å².